The summed E-state index contributed by atoms with van der Waals surface area (Å²) in [5.41, 5.74) is 0.658. The van der Waals surface area contributed by atoms with Crippen LogP contribution in [0.5, 0.6) is 17.2 Å². The highest BCUT2D eigenvalue weighted by Crippen LogP contribution is 2.42. The molecule has 8 nitrogen and oxygen atoms in total. The topological polar surface area (TPSA) is 71.6 Å². The number of carbonyl (C=O) groups excluding carboxylic acids is 2. The third kappa shape index (κ3) is 5.43. The molecule has 2 amide bonds. The van der Waals surface area contributed by atoms with Gasteiger partial charge in [0.05, 0.1) is 32.9 Å². The highest BCUT2D eigenvalue weighted by molar-refractivity contribution is 6.00. The van der Waals surface area contributed by atoms with Crippen molar-refractivity contribution in [2.75, 3.05) is 65.5 Å². The summed E-state index contributed by atoms with van der Waals surface area (Å²) in [6.07, 6.45) is 7.69. The van der Waals surface area contributed by atoms with Crippen molar-refractivity contribution in [3.63, 3.8) is 0 Å². The van der Waals surface area contributed by atoms with E-state index in [0.717, 1.165) is 25.9 Å². The van der Waals surface area contributed by atoms with Gasteiger partial charge in [-0.15, -0.1) is 0 Å². The lowest BCUT2D eigenvalue weighted by Crippen LogP contribution is -2.44. The quantitative estimate of drug-likeness (QED) is 0.606. The van der Waals surface area contributed by atoms with Crippen LogP contribution in [0.3, 0.4) is 0 Å². The second-order valence-electron chi connectivity index (χ2n) is 9.77. The molecule has 188 valence electrons. The van der Waals surface area contributed by atoms with E-state index in [9.17, 15) is 9.59 Å². The molecule has 0 radical (unpaired) electrons. The first-order valence-electron chi connectivity index (χ1n) is 12.7. The highest BCUT2D eigenvalue weighted by Gasteiger charge is 2.38. The Labute approximate surface area is 203 Å². The number of hydrogen-bond donors (Lipinski definition) is 0. The number of hydrogen-bond acceptors (Lipinski definition) is 6. The summed E-state index contributed by atoms with van der Waals surface area (Å²) in [5.74, 6) is 1.88. The molecule has 1 aromatic rings. The molecular weight excluding hydrogens is 434 g/mol. The van der Waals surface area contributed by atoms with Crippen LogP contribution in [-0.4, -0.2) is 82.2 Å². The zero-order chi connectivity index (χ0) is 24.1. The summed E-state index contributed by atoms with van der Waals surface area (Å²) < 4.78 is 16.3. The van der Waals surface area contributed by atoms with E-state index in [1.54, 1.807) is 38.4 Å². The van der Waals surface area contributed by atoms with E-state index >= 15 is 0 Å². The first-order chi connectivity index (χ1) is 16.5. The van der Waals surface area contributed by atoms with Crippen LogP contribution >= 0.6 is 0 Å². The Bertz CT molecular complexity index is 835. The molecule has 1 atom stereocenters. The predicted octanol–water partition coefficient (Wildman–Crippen LogP) is 3.18. The molecule has 3 saturated heterocycles. The van der Waals surface area contributed by atoms with Gasteiger partial charge < -0.3 is 28.9 Å². The molecule has 0 bridgehead atoms. The second kappa shape index (κ2) is 11.3. The monoisotopic (exact) mass is 473 g/mol. The average Bonchev–Trinajstić information content (AvgIpc) is 3.07. The Morgan fingerprint density at radius 2 is 1.53 bits per heavy atom. The van der Waals surface area contributed by atoms with Crippen molar-refractivity contribution in [3.8, 4) is 17.2 Å². The molecule has 3 aliphatic rings. The molecular formula is C26H39N3O5. The van der Waals surface area contributed by atoms with Crippen LogP contribution in [0, 0.1) is 11.8 Å². The molecule has 3 fully saturated rings. The van der Waals surface area contributed by atoms with E-state index in [-0.39, 0.29) is 24.2 Å². The molecule has 1 aromatic carbocycles. The summed E-state index contributed by atoms with van der Waals surface area (Å²) in [5, 5.41) is 0. The first-order valence-corrected chi connectivity index (χ1v) is 12.7. The Morgan fingerprint density at radius 3 is 2.09 bits per heavy atom. The van der Waals surface area contributed by atoms with E-state index < -0.39 is 0 Å². The summed E-state index contributed by atoms with van der Waals surface area (Å²) in [6, 6.07) is 3.53. The van der Waals surface area contributed by atoms with E-state index in [1.165, 1.54) is 45.3 Å². The van der Waals surface area contributed by atoms with E-state index in [0.29, 0.717) is 35.4 Å². The van der Waals surface area contributed by atoms with Crippen LogP contribution < -0.4 is 19.1 Å². The summed E-state index contributed by atoms with van der Waals surface area (Å²) in [4.78, 5) is 32.4. The lowest BCUT2D eigenvalue weighted by Gasteiger charge is -2.35. The third-order valence-electron chi connectivity index (χ3n) is 7.58. The number of rotatable bonds is 7. The molecule has 0 spiro atoms. The summed E-state index contributed by atoms with van der Waals surface area (Å²) in [6.45, 7) is 5.58. The molecule has 0 saturated carbocycles. The van der Waals surface area contributed by atoms with Gasteiger partial charge in [-0.1, -0.05) is 12.8 Å². The maximum Gasteiger partial charge on any atom is 0.228 e. The van der Waals surface area contributed by atoms with Gasteiger partial charge in [-0.2, -0.15) is 0 Å². The van der Waals surface area contributed by atoms with Gasteiger partial charge in [0.2, 0.25) is 17.6 Å². The minimum atomic E-state index is -0.311. The minimum absolute atomic E-state index is 0.0522. The molecule has 34 heavy (non-hydrogen) atoms. The Balaban J connectivity index is 1.35. The van der Waals surface area contributed by atoms with Gasteiger partial charge in [-0.25, -0.2) is 0 Å². The second-order valence-corrected chi connectivity index (χ2v) is 9.77. The zero-order valence-electron chi connectivity index (χ0n) is 20.9. The SMILES string of the molecule is COc1cc(N2CC(C(=O)N3CCC(CN4CCCCCC4)CC3)CC2=O)cc(OC)c1OC. The van der Waals surface area contributed by atoms with Crippen molar-refractivity contribution in [3.05, 3.63) is 12.1 Å². The number of ether oxygens (including phenoxy) is 3. The number of piperidine rings is 1. The van der Waals surface area contributed by atoms with Gasteiger partial charge in [-0.3, -0.25) is 9.59 Å². The van der Waals surface area contributed by atoms with Gasteiger partial charge in [0.25, 0.3) is 0 Å². The van der Waals surface area contributed by atoms with Crippen molar-refractivity contribution >= 4 is 17.5 Å². The molecule has 1 unspecified atom stereocenters. The maximum absolute atomic E-state index is 13.3. The lowest BCUT2D eigenvalue weighted by atomic mass is 9.94. The molecule has 8 heteroatoms. The Kier molecular flexibility index (Phi) is 8.19. The number of anilines is 1. The van der Waals surface area contributed by atoms with E-state index in [2.05, 4.69) is 4.90 Å². The number of methoxy groups -OCH3 is 3. The van der Waals surface area contributed by atoms with Crippen molar-refractivity contribution in [1.82, 2.24) is 9.80 Å². The van der Waals surface area contributed by atoms with Gasteiger partial charge in [0, 0.05) is 44.7 Å². The summed E-state index contributed by atoms with van der Waals surface area (Å²) >= 11 is 0. The first kappa shape index (κ1) is 24.6. The zero-order valence-corrected chi connectivity index (χ0v) is 20.9. The lowest BCUT2D eigenvalue weighted by molar-refractivity contribution is -0.137. The normalized spacial score (nSPS) is 22.6. The maximum atomic E-state index is 13.3. The highest BCUT2D eigenvalue weighted by atomic mass is 16.5. The van der Waals surface area contributed by atoms with Crippen LogP contribution in [-0.2, 0) is 9.59 Å². The van der Waals surface area contributed by atoms with Gasteiger partial charge >= 0.3 is 0 Å². The Morgan fingerprint density at radius 1 is 0.912 bits per heavy atom. The van der Waals surface area contributed by atoms with Gasteiger partial charge in [-0.05, 0) is 44.7 Å². The van der Waals surface area contributed by atoms with Crippen LogP contribution in [0.25, 0.3) is 0 Å². The molecule has 0 aliphatic carbocycles. The number of likely N-dealkylation sites (tertiary alicyclic amines) is 2. The van der Waals surface area contributed by atoms with Crippen LogP contribution in [0.4, 0.5) is 5.69 Å². The van der Waals surface area contributed by atoms with Crippen LogP contribution in [0.15, 0.2) is 12.1 Å². The van der Waals surface area contributed by atoms with Gasteiger partial charge in [0.15, 0.2) is 11.5 Å². The van der Waals surface area contributed by atoms with Crippen molar-refractivity contribution < 1.29 is 23.8 Å². The fraction of sp³-hybridized carbons (Fsp3) is 0.692. The number of benzene rings is 1. The van der Waals surface area contributed by atoms with Crippen LogP contribution in [0.2, 0.25) is 0 Å². The van der Waals surface area contributed by atoms with E-state index in [1.807, 2.05) is 4.90 Å². The number of nitrogens with zero attached hydrogens (tertiary/aromatic N) is 3. The van der Waals surface area contributed by atoms with Gasteiger partial charge in [0.1, 0.15) is 0 Å². The average molecular weight is 474 g/mol. The van der Waals surface area contributed by atoms with Crippen molar-refractivity contribution in [2.45, 2.75) is 44.9 Å². The standard InChI is InChI=1S/C26H39N3O5/c1-32-22-15-21(16-23(33-2)25(22)34-3)29-18-20(14-24(29)30)26(31)28-12-8-19(9-13-28)17-27-10-6-4-5-7-11-27/h15-16,19-20H,4-14,17-18H2,1-3H3. The summed E-state index contributed by atoms with van der Waals surface area (Å²) in [7, 11) is 4.65. The predicted molar refractivity (Wildman–Crippen MR) is 131 cm³/mol. The molecule has 3 aliphatic heterocycles. The molecule has 0 aromatic heterocycles. The van der Waals surface area contributed by atoms with Crippen molar-refractivity contribution in [2.24, 2.45) is 11.8 Å². The molecule has 4 rings (SSSR count). The van der Waals surface area contributed by atoms with Crippen molar-refractivity contribution in [1.29, 1.82) is 0 Å². The number of amides is 2. The number of carbonyl (C=O) groups is 2. The largest absolute Gasteiger partial charge is 0.493 e. The molecule has 3 heterocycles. The van der Waals surface area contributed by atoms with Crippen LogP contribution in [0.1, 0.15) is 44.9 Å². The molecule has 0 N–H and O–H groups in total. The fourth-order valence-corrected chi connectivity index (χ4v) is 5.62. The third-order valence-corrected chi connectivity index (χ3v) is 7.58. The fourth-order valence-electron chi connectivity index (χ4n) is 5.62. The van der Waals surface area contributed by atoms with E-state index in [4.69, 9.17) is 14.2 Å². The Hall–Kier alpha value is -2.48. The minimum Gasteiger partial charge on any atom is -0.493 e. The smallest absolute Gasteiger partial charge is 0.228 e.